The summed E-state index contributed by atoms with van der Waals surface area (Å²) in [7, 11) is 0. The molecule has 3 heterocycles. The van der Waals surface area contributed by atoms with E-state index in [9.17, 15) is 4.79 Å². The van der Waals surface area contributed by atoms with Gasteiger partial charge < -0.3 is 0 Å². The number of nitrogens with zero attached hydrogens (tertiary/aromatic N) is 3. The quantitative estimate of drug-likeness (QED) is 0.255. The van der Waals surface area contributed by atoms with E-state index in [0.29, 0.717) is 12.3 Å². The lowest BCUT2D eigenvalue weighted by Gasteiger charge is -2.31. The summed E-state index contributed by atoms with van der Waals surface area (Å²) in [6.45, 7) is 3.34. The molecule has 0 saturated heterocycles. The molecule has 0 spiro atoms. The lowest BCUT2D eigenvalue weighted by Crippen LogP contribution is -2.32. The summed E-state index contributed by atoms with van der Waals surface area (Å²) in [5.74, 6) is 1.59. The van der Waals surface area contributed by atoms with Gasteiger partial charge in [-0.25, -0.2) is 4.98 Å². The first-order valence-electron chi connectivity index (χ1n) is 13.4. The Labute approximate surface area is 217 Å². The molecule has 0 atom stereocenters. The highest BCUT2D eigenvalue weighted by molar-refractivity contribution is 7.15. The lowest BCUT2D eigenvalue weighted by atomic mass is 9.78. The van der Waals surface area contributed by atoms with Gasteiger partial charge in [0.2, 0.25) is 0 Å². The number of ketones is 1. The molecule has 0 amide bonds. The van der Waals surface area contributed by atoms with Crippen molar-refractivity contribution in [1.29, 1.82) is 0 Å². The highest BCUT2D eigenvalue weighted by atomic mass is 32.1. The first-order valence-corrected chi connectivity index (χ1v) is 14.2. The molecular formula is C31H33N3OS. The summed E-state index contributed by atoms with van der Waals surface area (Å²) >= 11 is 1.87. The fourth-order valence-corrected chi connectivity index (χ4v) is 7.11. The van der Waals surface area contributed by atoms with Gasteiger partial charge in [-0.1, -0.05) is 61.4 Å². The van der Waals surface area contributed by atoms with Crippen molar-refractivity contribution in [1.82, 2.24) is 14.9 Å². The molecule has 0 unspecified atom stereocenters. The zero-order valence-electron chi connectivity index (χ0n) is 20.7. The van der Waals surface area contributed by atoms with Gasteiger partial charge in [0, 0.05) is 53.5 Å². The van der Waals surface area contributed by atoms with Crippen molar-refractivity contribution in [3.63, 3.8) is 0 Å². The second-order valence-electron chi connectivity index (χ2n) is 10.5. The van der Waals surface area contributed by atoms with Crippen molar-refractivity contribution >= 4 is 28.0 Å². The third-order valence-corrected chi connectivity index (χ3v) is 9.20. The molecule has 5 heteroatoms. The molecule has 36 heavy (non-hydrogen) atoms. The number of thiazole rings is 1. The number of aromatic nitrogens is 2. The Kier molecular flexibility index (Phi) is 6.93. The fourth-order valence-electron chi connectivity index (χ4n) is 5.95. The molecule has 2 aromatic heterocycles. The van der Waals surface area contributed by atoms with E-state index < -0.39 is 0 Å². The van der Waals surface area contributed by atoms with Crippen LogP contribution in [0.3, 0.4) is 0 Å². The third-order valence-electron chi connectivity index (χ3n) is 8.07. The maximum Gasteiger partial charge on any atom is 0.163 e. The average Bonchev–Trinajstić information content (AvgIpc) is 3.36. The van der Waals surface area contributed by atoms with Crippen molar-refractivity contribution in [2.45, 2.75) is 51.5 Å². The van der Waals surface area contributed by atoms with Crippen LogP contribution in [0.2, 0.25) is 0 Å². The van der Waals surface area contributed by atoms with Gasteiger partial charge in [0.05, 0.1) is 11.2 Å². The Hall–Kier alpha value is -2.89. The van der Waals surface area contributed by atoms with E-state index in [1.54, 1.807) is 6.20 Å². The summed E-state index contributed by atoms with van der Waals surface area (Å²) in [6.07, 6.45) is 9.68. The Morgan fingerprint density at radius 2 is 1.78 bits per heavy atom. The number of pyridine rings is 1. The monoisotopic (exact) mass is 495 g/mol. The van der Waals surface area contributed by atoms with E-state index in [2.05, 4.69) is 40.2 Å². The van der Waals surface area contributed by atoms with Crippen LogP contribution in [-0.2, 0) is 13.0 Å². The van der Waals surface area contributed by atoms with Crippen molar-refractivity contribution in [3.05, 3.63) is 83.0 Å². The van der Waals surface area contributed by atoms with Crippen LogP contribution in [0.15, 0.2) is 66.9 Å². The van der Waals surface area contributed by atoms with Gasteiger partial charge in [0.1, 0.15) is 5.01 Å². The zero-order valence-corrected chi connectivity index (χ0v) is 21.6. The molecule has 1 aliphatic carbocycles. The lowest BCUT2D eigenvalue weighted by molar-refractivity contribution is 0.0941. The maximum absolute atomic E-state index is 13.1. The van der Waals surface area contributed by atoms with Gasteiger partial charge in [-0.2, -0.15) is 0 Å². The molecule has 2 aliphatic rings. The van der Waals surface area contributed by atoms with Crippen molar-refractivity contribution in [2.75, 3.05) is 13.1 Å². The van der Waals surface area contributed by atoms with E-state index in [1.165, 1.54) is 54.8 Å². The molecule has 4 nitrogen and oxygen atoms in total. The number of hydrogen-bond acceptors (Lipinski definition) is 5. The molecule has 1 saturated carbocycles. The molecule has 2 aromatic carbocycles. The number of carbonyl (C=O) groups is 1. The fraction of sp³-hybridized carbons (Fsp3) is 0.387. The second kappa shape index (κ2) is 10.6. The molecule has 0 N–H and O–H groups in total. The van der Waals surface area contributed by atoms with E-state index in [1.807, 2.05) is 41.7 Å². The first kappa shape index (κ1) is 23.5. The Balaban J connectivity index is 0.980. The summed E-state index contributed by atoms with van der Waals surface area (Å²) in [5, 5.41) is 2.15. The number of hydrogen-bond donors (Lipinski definition) is 0. The highest BCUT2D eigenvalue weighted by Crippen LogP contribution is 2.35. The van der Waals surface area contributed by atoms with Crippen LogP contribution < -0.4 is 0 Å². The van der Waals surface area contributed by atoms with Gasteiger partial charge in [-0.3, -0.25) is 14.7 Å². The number of fused-ring (bicyclic) bond motifs is 2. The van der Waals surface area contributed by atoms with Crippen LogP contribution in [0.4, 0.5) is 0 Å². The Morgan fingerprint density at radius 1 is 0.944 bits per heavy atom. The van der Waals surface area contributed by atoms with Crippen molar-refractivity contribution < 1.29 is 4.79 Å². The molecule has 0 radical (unpaired) electrons. The third kappa shape index (κ3) is 5.14. The van der Waals surface area contributed by atoms with E-state index in [-0.39, 0.29) is 5.78 Å². The minimum Gasteiger partial charge on any atom is -0.298 e. The average molecular weight is 496 g/mol. The first-order chi connectivity index (χ1) is 17.7. The topological polar surface area (TPSA) is 46.1 Å². The number of Topliss-reactive ketones (excluding diaryl/α,β-unsaturated/α-hetero) is 1. The molecule has 6 rings (SSSR count). The summed E-state index contributed by atoms with van der Waals surface area (Å²) in [4.78, 5) is 26.5. The van der Waals surface area contributed by atoms with Crippen LogP contribution in [0.1, 0.15) is 59.5 Å². The van der Waals surface area contributed by atoms with Gasteiger partial charge in [-0.05, 0) is 49.8 Å². The van der Waals surface area contributed by atoms with Gasteiger partial charge in [-0.15, -0.1) is 11.3 Å². The summed E-state index contributed by atoms with van der Waals surface area (Å²) in [6, 6.07) is 20.4. The molecule has 184 valence electrons. The molecule has 1 fully saturated rings. The summed E-state index contributed by atoms with van der Waals surface area (Å²) < 4.78 is 0. The number of benzene rings is 2. The van der Waals surface area contributed by atoms with Gasteiger partial charge >= 0.3 is 0 Å². The minimum absolute atomic E-state index is 0.278. The summed E-state index contributed by atoms with van der Waals surface area (Å²) in [5.41, 5.74) is 4.29. The van der Waals surface area contributed by atoms with Crippen molar-refractivity contribution in [3.8, 4) is 10.6 Å². The minimum atomic E-state index is 0.278. The van der Waals surface area contributed by atoms with Crippen LogP contribution in [0.5, 0.6) is 0 Å². The molecular weight excluding hydrogens is 462 g/mol. The maximum atomic E-state index is 13.1. The van der Waals surface area contributed by atoms with Crippen LogP contribution >= 0.6 is 11.3 Å². The number of rotatable bonds is 7. The Bertz CT molecular complexity index is 1340. The van der Waals surface area contributed by atoms with Gasteiger partial charge in [0.15, 0.2) is 5.78 Å². The predicted octanol–water partition coefficient (Wildman–Crippen LogP) is 7.19. The predicted molar refractivity (Wildman–Crippen MR) is 147 cm³/mol. The van der Waals surface area contributed by atoms with E-state index >= 15 is 0 Å². The van der Waals surface area contributed by atoms with Crippen LogP contribution in [0.25, 0.3) is 21.5 Å². The van der Waals surface area contributed by atoms with E-state index in [4.69, 9.17) is 4.98 Å². The van der Waals surface area contributed by atoms with Crippen LogP contribution in [0, 0.1) is 11.8 Å². The number of carbonyl (C=O) groups excluding carboxylic acids is 1. The smallest absolute Gasteiger partial charge is 0.163 e. The largest absolute Gasteiger partial charge is 0.298 e. The Morgan fingerprint density at radius 3 is 2.64 bits per heavy atom. The molecule has 0 bridgehead atoms. The molecule has 4 aromatic rings. The zero-order chi connectivity index (χ0) is 24.3. The SMILES string of the molecule is O=C(CC1CCC(CCN2CCc3nc(-c4ccccc4)sc3C2)CC1)c1cccc2ncccc12. The van der Waals surface area contributed by atoms with Crippen LogP contribution in [-0.4, -0.2) is 33.7 Å². The standard InChI is InChI=1S/C31H33N3OS/c35-29(26-8-4-10-27-25(26)9-5-17-32-27)20-23-13-11-22(12-14-23)15-18-34-19-16-28-30(21-34)36-31(33-28)24-6-2-1-3-7-24/h1-10,17,22-23H,11-16,18-21H2. The van der Waals surface area contributed by atoms with Crippen molar-refractivity contribution in [2.24, 2.45) is 11.8 Å². The highest BCUT2D eigenvalue weighted by Gasteiger charge is 2.26. The second-order valence-corrected chi connectivity index (χ2v) is 11.5. The molecule has 1 aliphatic heterocycles. The van der Waals surface area contributed by atoms with Gasteiger partial charge in [0.25, 0.3) is 0 Å². The normalized spacial score (nSPS) is 20.3. The van der Waals surface area contributed by atoms with E-state index in [0.717, 1.165) is 46.9 Å².